The zero-order chi connectivity index (χ0) is 11.8. The molecule has 2 N–H and O–H groups in total. The largest absolute Gasteiger partial charge is 0.477 e. The van der Waals surface area contributed by atoms with Crippen LogP contribution in [0, 0.1) is 0 Å². The summed E-state index contributed by atoms with van der Waals surface area (Å²) in [6, 6.07) is 9.92. The van der Waals surface area contributed by atoms with Crippen LogP contribution in [0.2, 0.25) is 0 Å². The molecule has 0 bridgehead atoms. The summed E-state index contributed by atoms with van der Waals surface area (Å²) < 4.78 is 0. The van der Waals surface area contributed by atoms with Gasteiger partial charge in [-0.05, 0) is 36.0 Å². The molecule has 0 radical (unpaired) electrons. The normalized spacial score (nSPS) is 13.6. The molecule has 0 aliphatic heterocycles. The Morgan fingerprint density at radius 1 is 1.12 bits per heavy atom. The van der Waals surface area contributed by atoms with Crippen LogP contribution in [0.3, 0.4) is 0 Å². The molecule has 1 heterocycles. The number of hydrogen-bond donors (Lipinski definition) is 2. The zero-order valence-corrected chi connectivity index (χ0v) is 9.36. The molecule has 3 rings (SSSR count). The van der Waals surface area contributed by atoms with Gasteiger partial charge in [-0.25, -0.2) is 4.79 Å². The van der Waals surface area contributed by atoms with E-state index < -0.39 is 5.97 Å². The second kappa shape index (κ2) is 3.77. The topological polar surface area (TPSA) is 53.1 Å². The van der Waals surface area contributed by atoms with Gasteiger partial charge in [0.2, 0.25) is 0 Å². The van der Waals surface area contributed by atoms with Crippen molar-refractivity contribution in [1.82, 2.24) is 4.98 Å². The van der Waals surface area contributed by atoms with Crippen LogP contribution >= 0.6 is 0 Å². The number of carbonyl (C=O) groups is 1. The highest BCUT2D eigenvalue weighted by molar-refractivity contribution is 5.90. The molecule has 0 spiro atoms. The first kappa shape index (κ1) is 10.1. The van der Waals surface area contributed by atoms with Crippen LogP contribution in [-0.2, 0) is 12.8 Å². The lowest BCUT2D eigenvalue weighted by Gasteiger charge is -2.00. The highest BCUT2D eigenvalue weighted by Crippen LogP contribution is 2.34. The number of carboxylic acid groups (broad SMARTS) is 1. The van der Waals surface area contributed by atoms with Crippen LogP contribution < -0.4 is 0 Å². The third kappa shape index (κ3) is 1.55. The minimum atomic E-state index is -0.856. The molecule has 0 amide bonds. The molecular formula is C14H13NO2. The van der Waals surface area contributed by atoms with E-state index in [1.54, 1.807) is 0 Å². The van der Waals surface area contributed by atoms with E-state index in [1.807, 2.05) is 30.3 Å². The molecule has 1 aromatic heterocycles. The Morgan fingerprint density at radius 3 is 2.53 bits per heavy atom. The summed E-state index contributed by atoms with van der Waals surface area (Å²) in [7, 11) is 0. The quantitative estimate of drug-likeness (QED) is 0.828. The number of nitrogens with one attached hydrogen (secondary N) is 1. The Balaban J connectivity index is 2.19. The maximum atomic E-state index is 11.2. The van der Waals surface area contributed by atoms with E-state index in [2.05, 4.69) is 4.98 Å². The van der Waals surface area contributed by atoms with Crippen molar-refractivity contribution < 1.29 is 9.90 Å². The van der Waals surface area contributed by atoms with Gasteiger partial charge in [0, 0.05) is 5.69 Å². The van der Waals surface area contributed by atoms with Crippen molar-refractivity contribution >= 4 is 5.97 Å². The monoisotopic (exact) mass is 227 g/mol. The average molecular weight is 227 g/mol. The Bertz CT molecular complexity index is 569. The second-order valence-electron chi connectivity index (χ2n) is 4.36. The molecule has 17 heavy (non-hydrogen) atoms. The van der Waals surface area contributed by atoms with Crippen molar-refractivity contribution in [1.29, 1.82) is 0 Å². The predicted octanol–water partition coefficient (Wildman–Crippen LogP) is 2.87. The highest BCUT2D eigenvalue weighted by Gasteiger charge is 2.25. The predicted molar refractivity (Wildman–Crippen MR) is 65.2 cm³/mol. The minimum Gasteiger partial charge on any atom is -0.477 e. The molecule has 0 saturated carbocycles. The lowest BCUT2D eigenvalue weighted by atomic mass is 10.1. The summed E-state index contributed by atoms with van der Waals surface area (Å²) in [5.74, 6) is -0.856. The molecule has 0 unspecified atom stereocenters. The van der Waals surface area contributed by atoms with Crippen LogP contribution in [0.25, 0.3) is 11.3 Å². The first-order chi connectivity index (χ1) is 8.27. The zero-order valence-electron chi connectivity index (χ0n) is 9.36. The van der Waals surface area contributed by atoms with Gasteiger partial charge in [-0.2, -0.15) is 0 Å². The summed E-state index contributed by atoms with van der Waals surface area (Å²) in [6.07, 6.45) is 2.91. The summed E-state index contributed by atoms with van der Waals surface area (Å²) in [6.45, 7) is 0. The molecule has 0 fully saturated rings. The number of rotatable bonds is 2. The van der Waals surface area contributed by atoms with Gasteiger partial charge in [-0.3, -0.25) is 0 Å². The molecular weight excluding hydrogens is 214 g/mol. The van der Waals surface area contributed by atoms with E-state index in [4.69, 9.17) is 0 Å². The van der Waals surface area contributed by atoms with Crippen molar-refractivity contribution in [2.75, 3.05) is 0 Å². The van der Waals surface area contributed by atoms with Crippen LogP contribution in [0.1, 0.15) is 28.0 Å². The Hall–Kier alpha value is -2.03. The molecule has 1 aliphatic rings. The number of aromatic nitrogens is 1. The van der Waals surface area contributed by atoms with Crippen LogP contribution in [0.4, 0.5) is 0 Å². The van der Waals surface area contributed by atoms with E-state index in [0.717, 1.165) is 36.1 Å². The summed E-state index contributed by atoms with van der Waals surface area (Å²) in [5, 5.41) is 9.18. The summed E-state index contributed by atoms with van der Waals surface area (Å²) >= 11 is 0. The molecule has 3 nitrogen and oxygen atoms in total. The summed E-state index contributed by atoms with van der Waals surface area (Å²) in [5.41, 5.74) is 4.61. The van der Waals surface area contributed by atoms with E-state index in [-0.39, 0.29) is 0 Å². The van der Waals surface area contributed by atoms with Crippen molar-refractivity contribution in [3.63, 3.8) is 0 Å². The SMILES string of the molecule is O=C(O)c1[nH]c(-c2ccccc2)c2c1CCC2. The van der Waals surface area contributed by atoms with Gasteiger partial charge in [-0.15, -0.1) is 0 Å². The Morgan fingerprint density at radius 2 is 1.82 bits per heavy atom. The average Bonchev–Trinajstić information content (AvgIpc) is 2.90. The summed E-state index contributed by atoms with van der Waals surface area (Å²) in [4.78, 5) is 14.2. The lowest BCUT2D eigenvalue weighted by Crippen LogP contribution is -2.00. The number of aromatic carboxylic acids is 1. The Labute approximate surface area is 99.1 Å². The van der Waals surface area contributed by atoms with Gasteiger partial charge in [-0.1, -0.05) is 30.3 Å². The molecule has 1 aliphatic carbocycles. The Kier molecular flexibility index (Phi) is 2.25. The first-order valence-electron chi connectivity index (χ1n) is 5.80. The van der Waals surface area contributed by atoms with E-state index in [0.29, 0.717) is 5.69 Å². The lowest BCUT2D eigenvalue weighted by molar-refractivity contribution is 0.0690. The molecule has 0 saturated heterocycles. The number of hydrogen-bond acceptors (Lipinski definition) is 1. The fourth-order valence-corrected chi connectivity index (χ4v) is 2.61. The van der Waals surface area contributed by atoms with Crippen LogP contribution in [-0.4, -0.2) is 16.1 Å². The molecule has 2 aromatic rings. The van der Waals surface area contributed by atoms with Gasteiger partial charge < -0.3 is 10.1 Å². The van der Waals surface area contributed by atoms with E-state index in [1.165, 1.54) is 5.56 Å². The van der Waals surface area contributed by atoms with Crippen LogP contribution in [0.5, 0.6) is 0 Å². The van der Waals surface area contributed by atoms with Crippen molar-refractivity contribution in [3.05, 3.63) is 47.2 Å². The third-order valence-electron chi connectivity index (χ3n) is 3.35. The maximum Gasteiger partial charge on any atom is 0.352 e. The molecule has 86 valence electrons. The van der Waals surface area contributed by atoms with Crippen molar-refractivity contribution in [2.24, 2.45) is 0 Å². The number of aromatic amines is 1. The van der Waals surface area contributed by atoms with E-state index >= 15 is 0 Å². The third-order valence-corrected chi connectivity index (χ3v) is 3.35. The molecule has 0 atom stereocenters. The van der Waals surface area contributed by atoms with Gasteiger partial charge in [0.25, 0.3) is 0 Å². The van der Waals surface area contributed by atoms with Crippen LogP contribution in [0.15, 0.2) is 30.3 Å². The minimum absolute atomic E-state index is 0.372. The van der Waals surface area contributed by atoms with Gasteiger partial charge in [0.15, 0.2) is 0 Å². The van der Waals surface area contributed by atoms with E-state index in [9.17, 15) is 9.90 Å². The second-order valence-corrected chi connectivity index (χ2v) is 4.36. The maximum absolute atomic E-state index is 11.2. The van der Waals surface area contributed by atoms with Crippen molar-refractivity contribution in [2.45, 2.75) is 19.3 Å². The first-order valence-corrected chi connectivity index (χ1v) is 5.80. The fourth-order valence-electron chi connectivity index (χ4n) is 2.61. The van der Waals surface area contributed by atoms with Gasteiger partial charge in [0.05, 0.1) is 0 Å². The number of benzene rings is 1. The number of H-pyrrole nitrogens is 1. The highest BCUT2D eigenvalue weighted by atomic mass is 16.4. The van der Waals surface area contributed by atoms with Gasteiger partial charge in [0.1, 0.15) is 5.69 Å². The standard InChI is InChI=1S/C14H13NO2/c16-14(17)13-11-8-4-7-10(11)12(15-13)9-5-2-1-3-6-9/h1-3,5-6,15H,4,7-8H2,(H,16,17). The van der Waals surface area contributed by atoms with Gasteiger partial charge >= 0.3 is 5.97 Å². The number of fused-ring (bicyclic) bond motifs is 1. The fraction of sp³-hybridized carbons (Fsp3) is 0.214. The molecule has 1 aromatic carbocycles. The van der Waals surface area contributed by atoms with Crippen molar-refractivity contribution in [3.8, 4) is 11.3 Å². The molecule has 3 heteroatoms. The smallest absolute Gasteiger partial charge is 0.352 e. The number of carboxylic acids is 1.